The minimum Gasteiger partial charge on any atom is -0.338 e. The zero-order valence-corrected chi connectivity index (χ0v) is 13.0. The molecule has 0 saturated carbocycles. The molecule has 4 rings (SSSR count). The summed E-state index contributed by atoms with van der Waals surface area (Å²) in [4.78, 5) is 10.7. The maximum Gasteiger partial charge on any atom is 0.138 e. The summed E-state index contributed by atoms with van der Waals surface area (Å²) in [5, 5.41) is 0. The van der Waals surface area contributed by atoms with Crippen LogP contribution < -0.4 is 0 Å². The van der Waals surface area contributed by atoms with E-state index in [0.29, 0.717) is 0 Å². The number of aromatic nitrogens is 2. The quantitative estimate of drug-likeness (QED) is 0.786. The van der Waals surface area contributed by atoms with E-state index in [1.165, 1.54) is 37.1 Å². The largest absolute Gasteiger partial charge is 0.338 e. The molecule has 1 aliphatic rings. The van der Waals surface area contributed by atoms with Crippen molar-refractivity contribution < 1.29 is 0 Å². The minimum atomic E-state index is 0.956. The van der Waals surface area contributed by atoms with Crippen molar-refractivity contribution >= 4 is 11.0 Å². The van der Waals surface area contributed by atoms with Crippen LogP contribution in [0.25, 0.3) is 22.4 Å². The first kappa shape index (κ1) is 13.5. The van der Waals surface area contributed by atoms with Gasteiger partial charge >= 0.3 is 0 Å². The van der Waals surface area contributed by atoms with Crippen molar-refractivity contribution in [1.82, 2.24) is 14.9 Å². The first-order valence-corrected chi connectivity index (χ1v) is 8.06. The average molecular weight is 291 g/mol. The number of nitrogens with zero attached hydrogens (tertiary/aromatic N) is 2. The van der Waals surface area contributed by atoms with E-state index in [4.69, 9.17) is 4.98 Å². The second-order valence-electron chi connectivity index (χ2n) is 6.24. The molecule has 22 heavy (non-hydrogen) atoms. The van der Waals surface area contributed by atoms with Crippen molar-refractivity contribution in [2.24, 2.45) is 0 Å². The van der Waals surface area contributed by atoms with Crippen LogP contribution in [0.15, 0.2) is 42.5 Å². The molecule has 0 aliphatic carbocycles. The summed E-state index contributed by atoms with van der Waals surface area (Å²) in [7, 11) is 0. The lowest BCUT2D eigenvalue weighted by Gasteiger charge is -2.14. The van der Waals surface area contributed by atoms with Crippen LogP contribution in [0.4, 0.5) is 0 Å². The second kappa shape index (κ2) is 5.58. The Morgan fingerprint density at radius 3 is 2.55 bits per heavy atom. The van der Waals surface area contributed by atoms with Crippen LogP contribution in [0, 0.1) is 6.92 Å². The Morgan fingerprint density at radius 2 is 1.82 bits per heavy atom. The van der Waals surface area contributed by atoms with Gasteiger partial charge in [0.05, 0.1) is 11.0 Å². The molecule has 0 bridgehead atoms. The van der Waals surface area contributed by atoms with Gasteiger partial charge in [0.1, 0.15) is 5.82 Å². The molecule has 1 aliphatic heterocycles. The molecule has 0 atom stereocenters. The van der Waals surface area contributed by atoms with E-state index in [-0.39, 0.29) is 0 Å². The van der Waals surface area contributed by atoms with Gasteiger partial charge in [0.15, 0.2) is 0 Å². The summed E-state index contributed by atoms with van der Waals surface area (Å²) in [5.74, 6) is 0.956. The number of H-pyrrole nitrogens is 1. The van der Waals surface area contributed by atoms with Crippen LogP contribution in [-0.2, 0) is 6.54 Å². The van der Waals surface area contributed by atoms with E-state index in [0.717, 1.165) is 29.0 Å². The number of fused-ring (bicyclic) bond motifs is 1. The van der Waals surface area contributed by atoms with Crippen molar-refractivity contribution in [3.63, 3.8) is 0 Å². The number of likely N-dealkylation sites (tertiary alicyclic amines) is 1. The fraction of sp³-hybridized carbons (Fsp3) is 0.316. The highest BCUT2D eigenvalue weighted by Crippen LogP contribution is 2.23. The Labute approximate surface area is 131 Å². The molecule has 1 aromatic heterocycles. The van der Waals surface area contributed by atoms with E-state index >= 15 is 0 Å². The molecule has 2 aromatic carbocycles. The maximum atomic E-state index is 4.75. The number of hydrogen-bond donors (Lipinski definition) is 1. The monoisotopic (exact) mass is 291 g/mol. The first-order valence-electron chi connectivity index (χ1n) is 8.06. The van der Waals surface area contributed by atoms with Gasteiger partial charge in [-0.2, -0.15) is 0 Å². The van der Waals surface area contributed by atoms with Crippen LogP contribution in [0.1, 0.15) is 24.0 Å². The minimum absolute atomic E-state index is 0.956. The van der Waals surface area contributed by atoms with Gasteiger partial charge in [0.2, 0.25) is 0 Å². The summed E-state index contributed by atoms with van der Waals surface area (Å²) >= 11 is 0. The molecule has 1 fully saturated rings. The number of rotatable bonds is 3. The molecule has 0 radical (unpaired) electrons. The molecule has 112 valence electrons. The Hall–Kier alpha value is -2.13. The van der Waals surface area contributed by atoms with Crippen molar-refractivity contribution in [3.05, 3.63) is 53.6 Å². The smallest absolute Gasteiger partial charge is 0.138 e. The number of nitrogens with one attached hydrogen (secondary N) is 1. The van der Waals surface area contributed by atoms with Gasteiger partial charge in [0, 0.05) is 12.1 Å². The molecule has 1 N–H and O–H groups in total. The Morgan fingerprint density at radius 1 is 1.05 bits per heavy atom. The Balaban J connectivity index is 1.59. The molecule has 3 heteroatoms. The van der Waals surface area contributed by atoms with Crippen LogP contribution in [0.5, 0.6) is 0 Å². The fourth-order valence-electron chi connectivity index (χ4n) is 3.28. The number of hydrogen-bond acceptors (Lipinski definition) is 2. The van der Waals surface area contributed by atoms with Crippen molar-refractivity contribution in [2.75, 3.05) is 13.1 Å². The highest BCUT2D eigenvalue weighted by atomic mass is 15.1. The lowest BCUT2D eigenvalue weighted by molar-refractivity contribution is 0.331. The zero-order chi connectivity index (χ0) is 14.9. The third kappa shape index (κ3) is 2.53. The predicted molar refractivity (Wildman–Crippen MR) is 90.8 cm³/mol. The van der Waals surface area contributed by atoms with Crippen LogP contribution >= 0.6 is 0 Å². The maximum absolute atomic E-state index is 4.75. The molecule has 0 spiro atoms. The molecule has 0 unspecified atom stereocenters. The summed E-state index contributed by atoms with van der Waals surface area (Å²) < 4.78 is 0. The van der Waals surface area contributed by atoms with Crippen LogP contribution in [0.3, 0.4) is 0 Å². The van der Waals surface area contributed by atoms with Gasteiger partial charge < -0.3 is 4.98 Å². The van der Waals surface area contributed by atoms with Gasteiger partial charge in [-0.25, -0.2) is 4.98 Å². The number of aromatic amines is 1. The lowest BCUT2D eigenvalue weighted by Crippen LogP contribution is -2.18. The van der Waals surface area contributed by atoms with E-state index in [1.807, 2.05) is 0 Å². The Bertz CT molecular complexity index is 780. The SMILES string of the molecule is Cc1cccc2[nH]c(-c3ccc(CN4CCCC4)cc3)nc12. The summed E-state index contributed by atoms with van der Waals surface area (Å²) in [6.45, 7) is 5.65. The van der Waals surface area contributed by atoms with Crippen molar-refractivity contribution in [3.8, 4) is 11.4 Å². The van der Waals surface area contributed by atoms with Gasteiger partial charge in [-0.15, -0.1) is 0 Å². The molecule has 0 amide bonds. The van der Waals surface area contributed by atoms with Gasteiger partial charge in [0.25, 0.3) is 0 Å². The van der Waals surface area contributed by atoms with Gasteiger partial charge in [-0.05, 0) is 50.0 Å². The topological polar surface area (TPSA) is 31.9 Å². The number of para-hydroxylation sites is 1. The fourth-order valence-corrected chi connectivity index (χ4v) is 3.28. The summed E-state index contributed by atoms with van der Waals surface area (Å²) in [6, 6.07) is 15.1. The molecular formula is C19H21N3. The highest BCUT2D eigenvalue weighted by Gasteiger charge is 2.12. The number of imidazole rings is 1. The van der Waals surface area contributed by atoms with E-state index < -0.39 is 0 Å². The van der Waals surface area contributed by atoms with Crippen LogP contribution in [0.2, 0.25) is 0 Å². The summed E-state index contributed by atoms with van der Waals surface area (Å²) in [5.41, 5.74) is 5.93. The molecule has 1 saturated heterocycles. The zero-order valence-electron chi connectivity index (χ0n) is 13.0. The average Bonchev–Trinajstić information content (AvgIpc) is 3.18. The van der Waals surface area contributed by atoms with Gasteiger partial charge in [-0.3, -0.25) is 4.90 Å². The van der Waals surface area contributed by atoms with E-state index in [1.54, 1.807) is 0 Å². The normalized spacial score (nSPS) is 15.7. The lowest BCUT2D eigenvalue weighted by atomic mass is 10.1. The van der Waals surface area contributed by atoms with Crippen molar-refractivity contribution in [2.45, 2.75) is 26.3 Å². The van der Waals surface area contributed by atoms with E-state index in [9.17, 15) is 0 Å². The molecule has 2 heterocycles. The standard InChI is InChI=1S/C19H21N3/c1-14-5-4-6-17-18(14)21-19(20-17)16-9-7-15(8-10-16)13-22-11-2-3-12-22/h4-10H,2-3,11-13H2,1H3,(H,20,21). The molecular weight excluding hydrogens is 270 g/mol. The van der Waals surface area contributed by atoms with Crippen molar-refractivity contribution in [1.29, 1.82) is 0 Å². The third-order valence-corrected chi connectivity index (χ3v) is 4.55. The molecule has 3 nitrogen and oxygen atoms in total. The van der Waals surface area contributed by atoms with Crippen LogP contribution in [-0.4, -0.2) is 28.0 Å². The number of aryl methyl sites for hydroxylation is 1. The summed E-state index contributed by atoms with van der Waals surface area (Å²) in [6.07, 6.45) is 2.69. The van der Waals surface area contributed by atoms with Gasteiger partial charge in [-0.1, -0.05) is 36.4 Å². The first-order chi connectivity index (χ1) is 10.8. The third-order valence-electron chi connectivity index (χ3n) is 4.55. The van der Waals surface area contributed by atoms with E-state index in [2.05, 4.69) is 59.3 Å². The Kier molecular flexibility index (Phi) is 3.43. The second-order valence-corrected chi connectivity index (χ2v) is 6.24. The highest BCUT2D eigenvalue weighted by molar-refractivity contribution is 5.82. The predicted octanol–water partition coefficient (Wildman–Crippen LogP) is 4.13. The molecule has 3 aromatic rings. The number of benzene rings is 2.